The van der Waals surface area contributed by atoms with E-state index in [4.69, 9.17) is 0 Å². The molecule has 2 heterocycles. The molecule has 5 rings (SSSR count). The number of rotatable bonds is 10. The van der Waals surface area contributed by atoms with Gasteiger partial charge in [-0.05, 0) is 67.7 Å². The first kappa shape index (κ1) is 26.8. The van der Waals surface area contributed by atoms with Gasteiger partial charge < -0.3 is 9.80 Å². The quantitative estimate of drug-likeness (QED) is 0.407. The third-order valence-corrected chi connectivity index (χ3v) is 9.60. The van der Waals surface area contributed by atoms with Crippen molar-refractivity contribution in [2.45, 2.75) is 61.9 Å². The molecule has 1 N–H and O–H groups in total. The molecule has 2 aliphatic rings. The molecule has 1 saturated carbocycles. The van der Waals surface area contributed by atoms with Gasteiger partial charge in [0.15, 0.2) is 0 Å². The summed E-state index contributed by atoms with van der Waals surface area (Å²) in [5.41, 5.74) is 1.31. The molecule has 0 radical (unpaired) electrons. The van der Waals surface area contributed by atoms with Gasteiger partial charge in [-0.2, -0.15) is 0 Å². The van der Waals surface area contributed by atoms with Crippen LogP contribution in [0.5, 0.6) is 0 Å². The van der Waals surface area contributed by atoms with Crippen molar-refractivity contribution >= 4 is 16.0 Å². The van der Waals surface area contributed by atoms with Crippen LogP contribution in [0.4, 0.5) is 5.95 Å². The molecule has 3 atom stereocenters. The SMILES string of the molecule is CCCN(c1ncccn1)C1CCN(CC2CC(NS(=O)(=O)c3ccccc3)CC2c2ccccc2)CC1. The second-order valence-electron chi connectivity index (χ2n) is 10.7. The largest absolute Gasteiger partial charge is 0.338 e. The summed E-state index contributed by atoms with van der Waals surface area (Å²) in [5.74, 6) is 1.58. The molecule has 1 aliphatic carbocycles. The Bertz CT molecular complexity index is 1240. The van der Waals surface area contributed by atoms with Gasteiger partial charge in [-0.1, -0.05) is 55.5 Å². The molecule has 3 unspecified atom stereocenters. The van der Waals surface area contributed by atoms with Gasteiger partial charge in [-0.3, -0.25) is 0 Å². The van der Waals surface area contributed by atoms with E-state index >= 15 is 0 Å². The van der Waals surface area contributed by atoms with E-state index in [-0.39, 0.29) is 6.04 Å². The number of anilines is 1. The van der Waals surface area contributed by atoms with Crippen molar-refractivity contribution in [3.8, 4) is 0 Å². The smallest absolute Gasteiger partial charge is 0.240 e. The van der Waals surface area contributed by atoms with Gasteiger partial charge in [0.25, 0.3) is 0 Å². The van der Waals surface area contributed by atoms with E-state index in [9.17, 15) is 8.42 Å². The Hall–Kier alpha value is -2.81. The number of piperidine rings is 1. The molecule has 0 bridgehead atoms. The molecule has 38 heavy (non-hydrogen) atoms. The summed E-state index contributed by atoms with van der Waals surface area (Å²) < 4.78 is 29.1. The van der Waals surface area contributed by atoms with Crippen LogP contribution in [0, 0.1) is 5.92 Å². The van der Waals surface area contributed by atoms with Gasteiger partial charge in [0.1, 0.15) is 0 Å². The van der Waals surface area contributed by atoms with Crippen molar-refractivity contribution in [2.24, 2.45) is 5.92 Å². The van der Waals surface area contributed by atoms with E-state index in [2.05, 4.69) is 55.7 Å². The van der Waals surface area contributed by atoms with Crippen LogP contribution in [-0.2, 0) is 10.0 Å². The first-order chi connectivity index (χ1) is 18.5. The highest BCUT2D eigenvalue weighted by molar-refractivity contribution is 7.89. The lowest BCUT2D eigenvalue weighted by Gasteiger charge is -2.39. The Balaban J connectivity index is 1.25. The minimum Gasteiger partial charge on any atom is -0.338 e. The molecule has 2 aromatic carbocycles. The first-order valence-electron chi connectivity index (χ1n) is 13.9. The van der Waals surface area contributed by atoms with E-state index in [0.29, 0.717) is 22.8 Å². The molecule has 1 aliphatic heterocycles. The monoisotopic (exact) mass is 533 g/mol. The molecule has 1 saturated heterocycles. The van der Waals surface area contributed by atoms with Crippen molar-refractivity contribution in [1.82, 2.24) is 19.6 Å². The van der Waals surface area contributed by atoms with Crippen LogP contribution in [0.3, 0.4) is 0 Å². The van der Waals surface area contributed by atoms with Crippen LogP contribution < -0.4 is 9.62 Å². The molecule has 3 aromatic rings. The number of aromatic nitrogens is 2. The summed E-state index contributed by atoms with van der Waals surface area (Å²) in [6, 6.07) is 21.6. The number of benzene rings is 2. The number of hydrogen-bond donors (Lipinski definition) is 1. The zero-order chi connectivity index (χ0) is 26.4. The predicted molar refractivity (Wildman–Crippen MR) is 152 cm³/mol. The minimum atomic E-state index is -3.54. The molecular formula is C30H39N5O2S. The minimum absolute atomic E-state index is 0.0665. The van der Waals surface area contributed by atoms with Gasteiger partial charge in [0, 0.05) is 50.7 Å². The topological polar surface area (TPSA) is 78.4 Å². The van der Waals surface area contributed by atoms with Crippen molar-refractivity contribution in [3.05, 3.63) is 84.7 Å². The maximum Gasteiger partial charge on any atom is 0.240 e. The maximum atomic E-state index is 13.1. The lowest BCUT2D eigenvalue weighted by atomic mass is 9.88. The van der Waals surface area contributed by atoms with E-state index in [0.717, 1.165) is 64.2 Å². The fraction of sp³-hybridized carbons (Fsp3) is 0.467. The summed E-state index contributed by atoms with van der Waals surface area (Å²) in [6.45, 7) is 6.24. The standard InChI is InChI=1S/C30H39N5O2S/c1-2-18-35(30-31-16-9-17-32-30)27-14-19-34(20-15-27)23-25-21-26(22-29(25)24-10-5-3-6-11-24)33-38(36,37)28-12-7-4-8-13-28/h3-13,16-17,25-27,29,33H,2,14-15,18-23H2,1H3. The van der Waals surface area contributed by atoms with Crippen molar-refractivity contribution in [2.75, 3.05) is 31.1 Å². The summed E-state index contributed by atoms with van der Waals surface area (Å²) in [6.07, 6.45) is 8.58. The van der Waals surface area contributed by atoms with E-state index in [1.165, 1.54) is 5.56 Å². The summed E-state index contributed by atoms with van der Waals surface area (Å²) in [7, 11) is -3.54. The number of nitrogens with one attached hydrogen (secondary N) is 1. The second-order valence-corrected chi connectivity index (χ2v) is 12.4. The van der Waals surface area contributed by atoms with Gasteiger partial charge >= 0.3 is 0 Å². The van der Waals surface area contributed by atoms with E-state index in [1.54, 1.807) is 24.3 Å². The Morgan fingerprint density at radius 3 is 2.24 bits per heavy atom. The second kappa shape index (κ2) is 12.4. The van der Waals surface area contributed by atoms with Crippen LogP contribution in [0.25, 0.3) is 0 Å². The number of nitrogens with zero attached hydrogens (tertiary/aromatic N) is 4. The average Bonchev–Trinajstić information content (AvgIpc) is 3.35. The molecule has 2 fully saturated rings. The van der Waals surface area contributed by atoms with Crippen molar-refractivity contribution in [3.63, 3.8) is 0 Å². The van der Waals surface area contributed by atoms with Crippen molar-refractivity contribution < 1.29 is 8.42 Å². The fourth-order valence-corrected chi connectivity index (χ4v) is 7.57. The van der Waals surface area contributed by atoms with Crippen LogP contribution in [-0.4, -0.2) is 61.5 Å². The van der Waals surface area contributed by atoms with Gasteiger partial charge in [0.05, 0.1) is 4.90 Å². The van der Waals surface area contributed by atoms with E-state index < -0.39 is 10.0 Å². The van der Waals surface area contributed by atoms with E-state index in [1.807, 2.05) is 30.6 Å². The van der Waals surface area contributed by atoms with Crippen LogP contribution in [0.1, 0.15) is 50.5 Å². The Kier molecular flexibility index (Phi) is 8.72. The molecular weight excluding hydrogens is 494 g/mol. The van der Waals surface area contributed by atoms with Crippen LogP contribution in [0.2, 0.25) is 0 Å². The molecule has 0 spiro atoms. The number of likely N-dealkylation sites (tertiary alicyclic amines) is 1. The maximum absolute atomic E-state index is 13.1. The summed E-state index contributed by atoms with van der Waals surface area (Å²) in [4.78, 5) is 14.3. The van der Waals surface area contributed by atoms with Crippen LogP contribution in [0.15, 0.2) is 84.0 Å². The highest BCUT2D eigenvalue weighted by atomic mass is 32.2. The molecule has 0 amide bonds. The Morgan fingerprint density at radius 1 is 0.921 bits per heavy atom. The molecule has 1 aromatic heterocycles. The molecule has 202 valence electrons. The van der Waals surface area contributed by atoms with Gasteiger partial charge in [-0.25, -0.2) is 23.1 Å². The van der Waals surface area contributed by atoms with Gasteiger partial charge in [0.2, 0.25) is 16.0 Å². The van der Waals surface area contributed by atoms with Crippen LogP contribution >= 0.6 is 0 Å². The summed E-state index contributed by atoms with van der Waals surface area (Å²) >= 11 is 0. The number of sulfonamides is 1. The normalized spacial score (nSPS) is 22.9. The highest BCUT2D eigenvalue weighted by Gasteiger charge is 2.38. The molecule has 8 heteroatoms. The lowest BCUT2D eigenvalue weighted by Crippen LogP contribution is -2.47. The zero-order valence-corrected chi connectivity index (χ0v) is 23.0. The lowest BCUT2D eigenvalue weighted by molar-refractivity contribution is 0.174. The predicted octanol–water partition coefficient (Wildman–Crippen LogP) is 4.70. The van der Waals surface area contributed by atoms with Gasteiger partial charge in [-0.15, -0.1) is 0 Å². The Labute approximate surface area is 227 Å². The highest BCUT2D eigenvalue weighted by Crippen LogP contribution is 2.41. The van der Waals surface area contributed by atoms with Crippen molar-refractivity contribution in [1.29, 1.82) is 0 Å². The zero-order valence-electron chi connectivity index (χ0n) is 22.2. The third-order valence-electron chi connectivity index (χ3n) is 8.06. The Morgan fingerprint density at radius 2 is 1.58 bits per heavy atom. The third kappa shape index (κ3) is 6.42. The average molecular weight is 534 g/mol. The number of hydrogen-bond acceptors (Lipinski definition) is 6. The fourth-order valence-electron chi connectivity index (χ4n) is 6.29. The molecule has 7 nitrogen and oxygen atoms in total. The first-order valence-corrected chi connectivity index (χ1v) is 15.4. The summed E-state index contributed by atoms with van der Waals surface area (Å²) in [5, 5.41) is 0.